The number of nitro benzene ring substituents is 1. The van der Waals surface area contributed by atoms with Crippen LogP contribution in [0.25, 0.3) is 22.4 Å². The zero-order valence-corrected chi connectivity index (χ0v) is 43.4. The summed E-state index contributed by atoms with van der Waals surface area (Å²) in [6.45, 7) is 14.9. The molecule has 1 atom stereocenters. The van der Waals surface area contributed by atoms with Gasteiger partial charge in [-0.2, -0.15) is 0 Å². The van der Waals surface area contributed by atoms with Gasteiger partial charge in [-0.1, -0.05) is 54.1 Å². The Hall–Kier alpha value is -5.15. The molecule has 1 aromatic heterocycles. The number of rotatable bonds is 20. The van der Waals surface area contributed by atoms with Crippen molar-refractivity contribution >= 4 is 63.7 Å². The molecule has 0 bridgehead atoms. The average Bonchev–Trinajstić information content (AvgIpc) is 4.01. The Morgan fingerprint density at radius 1 is 0.700 bits per heavy atom. The van der Waals surface area contributed by atoms with Crippen molar-refractivity contribution in [3.05, 3.63) is 148 Å². The largest absolute Gasteiger partial charge is 0.376 e. The van der Waals surface area contributed by atoms with Gasteiger partial charge in [0, 0.05) is 127 Å². The lowest BCUT2D eigenvalue weighted by Gasteiger charge is -2.37. The number of hydrogen-bond acceptors (Lipinski definition) is 11. The first-order chi connectivity index (χ1) is 34.1. The van der Waals surface area contributed by atoms with E-state index in [4.69, 9.17) is 11.6 Å². The number of nitro groups is 1. The number of halogens is 1. The minimum Gasteiger partial charge on any atom is -0.376 e. The van der Waals surface area contributed by atoms with E-state index < -0.39 is 0 Å². The van der Waals surface area contributed by atoms with Crippen LogP contribution in [0.15, 0.2) is 131 Å². The van der Waals surface area contributed by atoms with Crippen molar-refractivity contribution in [2.45, 2.75) is 54.9 Å². The SMILES string of the molecule is Cc1c(CCCN2CCN(C)CC2)c(-c2cccc(N3CCN(c4ccc(NSc5ccc(N[C@H](CCN6CCCC6)CSc6ccccc6)c([N+](=O)[O-])c5)cc4)CC3)c2)c(-c2ccc(Cl)cc2)n1C. The first-order valence-electron chi connectivity index (χ1n) is 25.1. The molecule has 70 heavy (non-hydrogen) atoms. The van der Waals surface area contributed by atoms with E-state index in [2.05, 4.69) is 145 Å². The van der Waals surface area contributed by atoms with E-state index in [1.807, 2.05) is 30.3 Å². The third kappa shape index (κ3) is 12.7. The second kappa shape index (κ2) is 23.8. The van der Waals surface area contributed by atoms with E-state index in [0.29, 0.717) is 5.69 Å². The molecule has 0 aliphatic carbocycles. The number of benzene rings is 5. The molecule has 11 nitrogen and oxygen atoms in total. The minimum absolute atomic E-state index is 0.0912. The molecule has 14 heteroatoms. The summed E-state index contributed by atoms with van der Waals surface area (Å²) in [6.07, 6.45) is 5.58. The second-order valence-corrected chi connectivity index (χ2v) is 21.5. The van der Waals surface area contributed by atoms with E-state index in [9.17, 15) is 10.1 Å². The number of thioether (sulfide) groups is 1. The van der Waals surface area contributed by atoms with Crippen molar-refractivity contribution in [2.75, 3.05) is 111 Å². The molecule has 9 rings (SSSR count). The van der Waals surface area contributed by atoms with Gasteiger partial charge >= 0.3 is 0 Å². The molecular formula is C56H68ClN9O2S2. The van der Waals surface area contributed by atoms with Gasteiger partial charge < -0.3 is 39.1 Å². The highest BCUT2D eigenvalue weighted by molar-refractivity contribution is 8.00. The molecule has 3 aliphatic heterocycles. The maximum absolute atomic E-state index is 12.4. The molecule has 3 saturated heterocycles. The van der Waals surface area contributed by atoms with Crippen LogP contribution < -0.4 is 19.8 Å². The fraction of sp³-hybridized carbons (Fsp3) is 0.393. The highest BCUT2D eigenvalue weighted by Crippen LogP contribution is 2.41. The lowest BCUT2D eigenvalue weighted by Crippen LogP contribution is -2.46. The lowest BCUT2D eigenvalue weighted by atomic mass is 9.94. The zero-order chi connectivity index (χ0) is 48.4. The van der Waals surface area contributed by atoms with Crippen LogP contribution in [-0.2, 0) is 13.5 Å². The summed E-state index contributed by atoms with van der Waals surface area (Å²) in [6, 6.07) is 42.0. The van der Waals surface area contributed by atoms with Crippen molar-refractivity contribution in [1.29, 1.82) is 0 Å². The van der Waals surface area contributed by atoms with Crippen LogP contribution in [0.5, 0.6) is 0 Å². The number of piperazine rings is 2. The molecule has 368 valence electrons. The van der Waals surface area contributed by atoms with Gasteiger partial charge in [0.25, 0.3) is 5.69 Å². The van der Waals surface area contributed by atoms with Crippen molar-refractivity contribution in [3.63, 3.8) is 0 Å². The standard InChI is InChI=1S/C56H68ClN9O2S2/c1-42-52(15-10-29-63-33-31-60(2)32-34-63)55(56(61(42)3)43-16-18-45(57)19-17-43)44-11-9-12-49(39-44)65-37-35-64(36-38-65)48-22-20-46(21-23-48)59-70-51-24-25-53(54(40-51)66(67)68)58-47(26-30-62-27-7-8-28-62)41-69-50-13-5-4-6-14-50/h4-6,9,11-14,16-25,39-40,47,58-59H,7-8,10,15,26-38,41H2,1-3H3/t47-/m1/s1. The van der Waals surface area contributed by atoms with E-state index in [-0.39, 0.29) is 16.7 Å². The number of hydrogen-bond donors (Lipinski definition) is 2. The Labute approximate surface area is 428 Å². The van der Waals surface area contributed by atoms with Crippen molar-refractivity contribution in [2.24, 2.45) is 7.05 Å². The third-order valence-electron chi connectivity index (χ3n) is 14.4. The summed E-state index contributed by atoms with van der Waals surface area (Å²) in [4.78, 5) is 26.7. The number of aromatic nitrogens is 1. The molecule has 5 aromatic carbocycles. The van der Waals surface area contributed by atoms with E-state index in [0.717, 1.165) is 119 Å². The van der Waals surface area contributed by atoms with Crippen LogP contribution in [0.3, 0.4) is 0 Å². The normalized spacial score (nSPS) is 16.5. The molecule has 0 saturated carbocycles. The zero-order valence-electron chi connectivity index (χ0n) is 41.0. The van der Waals surface area contributed by atoms with E-state index >= 15 is 0 Å². The summed E-state index contributed by atoms with van der Waals surface area (Å²) in [7, 11) is 4.43. The Morgan fingerprint density at radius 2 is 1.40 bits per heavy atom. The van der Waals surface area contributed by atoms with Gasteiger partial charge in [-0.3, -0.25) is 10.1 Å². The smallest absolute Gasteiger partial charge is 0.293 e. The quantitative estimate of drug-likeness (QED) is 0.0332. The highest BCUT2D eigenvalue weighted by atomic mass is 35.5. The average molecular weight is 999 g/mol. The van der Waals surface area contributed by atoms with Crippen LogP contribution in [0.2, 0.25) is 5.02 Å². The predicted molar refractivity (Wildman–Crippen MR) is 297 cm³/mol. The van der Waals surface area contributed by atoms with Crippen molar-refractivity contribution in [1.82, 2.24) is 19.3 Å². The second-order valence-electron chi connectivity index (χ2n) is 19.1. The maximum atomic E-state index is 12.4. The van der Waals surface area contributed by atoms with Gasteiger partial charge in [-0.05, 0) is 167 Å². The summed E-state index contributed by atoms with van der Waals surface area (Å²) in [5, 5.41) is 16.7. The number of anilines is 4. The molecule has 0 unspecified atom stereocenters. The van der Waals surface area contributed by atoms with Crippen LogP contribution in [0.1, 0.15) is 36.9 Å². The number of likely N-dealkylation sites (tertiary alicyclic amines) is 1. The monoisotopic (exact) mass is 997 g/mol. The molecule has 6 aromatic rings. The Bertz CT molecular complexity index is 2650. The fourth-order valence-corrected chi connectivity index (χ4v) is 12.0. The van der Waals surface area contributed by atoms with Gasteiger partial charge in [0.1, 0.15) is 5.69 Å². The molecular weight excluding hydrogens is 930 g/mol. The van der Waals surface area contributed by atoms with E-state index in [1.165, 1.54) is 74.7 Å². The topological polar surface area (TPSA) is 88.3 Å². The summed E-state index contributed by atoms with van der Waals surface area (Å²) >= 11 is 9.58. The molecule has 3 fully saturated rings. The van der Waals surface area contributed by atoms with Gasteiger partial charge in [0.15, 0.2) is 0 Å². The Balaban J connectivity index is 0.820. The number of nitrogens with one attached hydrogen (secondary N) is 2. The van der Waals surface area contributed by atoms with Gasteiger partial charge in [-0.15, -0.1) is 11.8 Å². The van der Waals surface area contributed by atoms with Gasteiger partial charge in [-0.25, -0.2) is 0 Å². The first-order valence-corrected chi connectivity index (χ1v) is 27.3. The van der Waals surface area contributed by atoms with Crippen molar-refractivity contribution in [3.8, 4) is 22.4 Å². The Kier molecular flexibility index (Phi) is 17.0. The molecule has 2 N–H and O–H groups in total. The number of likely N-dealkylation sites (N-methyl/N-ethyl adjacent to an activating group) is 1. The Morgan fingerprint density at radius 3 is 2.11 bits per heavy atom. The van der Waals surface area contributed by atoms with Crippen LogP contribution in [0, 0.1) is 17.0 Å². The lowest BCUT2D eigenvalue weighted by molar-refractivity contribution is -0.384. The summed E-state index contributed by atoms with van der Waals surface area (Å²) in [5.74, 6) is 0.826. The van der Waals surface area contributed by atoms with Crippen LogP contribution in [-0.4, -0.2) is 122 Å². The third-order valence-corrected chi connectivity index (χ3v) is 16.7. The molecule has 0 radical (unpaired) electrons. The molecule has 0 spiro atoms. The predicted octanol–water partition coefficient (Wildman–Crippen LogP) is 11.9. The van der Waals surface area contributed by atoms with Crippen LogP contribution in [0.4, 0.5) is 28.4 Å². The molecule has 4 heterocycles. The van der Waals surface area contributed by atoms with Crippen LogP contribution >= 0.6 is 35.3 Å². The molecule has 3 aliphatic rings. The summed E-state index contributed by atoms with van der Waals surface area (Å²) < 4.78 is 5.82. The van der Waals surface area contributed by atoms with Crippen molar-refractivity contribution < 1.29 is 4.92 Å². The molecule has 0 amide bonds. The maximum Gasteiger partial charge on any atom is 0.293 e. The fourth-order valence-electron chi connectivity index (χ4n) is 10.2. The summed E-state index contributed by atoms with van der Waals surface area (Å²) in [5.41, 5.74) is 11.8. The highest BCUT2D eigenvalue weighted by Gasteiger charge is 2.25. The van der Waals surface area contributed by atoms with Gasteiger partial charge in [0.2, 0.25) is 0 Å². The number of nitrogens with zero attached hydrogens (tertiary/aromatic N) is 7. The van der Waals surface area contributed by atoms with E-state index in [1.54, 1.807) is 17.8 Å². The first kappa shape index (κ1) is 49.8. The van der Waals surface area contributed by atoms with Gasteiger partial charge in [0.05, 0.1) is 10.6 Å². The minimum atomic E-state index is -0.268.